The van der Waals surface area contributed by atoms with Crippen molar-refractivity contribution in [3.8, 4) is 22.5 Å². The largest absolute Gasteiger partial charge is 0.367 e. The molecule has 3 N–H and O–H groups in total. The van der Waals surface area contributed by atoms with Crippen LogP contribution in [0.1, 0.15) is 18.4 Å². The zero-order valence-electron chi connectivity index (χ0n) is 15.8. The first-order valence-corrected chi connectivity index (χ1v) is 9.69. The molecule has 1 saturated heterocycles. The Kier molecular flexibility index (Phi) is 4.29. The van der Waals surface area contributed by atoms with E-state index < -0.39 is 0 Å². The summed E-state index contributed by atoms with van der Waals surface area (Å²) in [5.41, 5.74) is 6.17. The Morgan fingerprint density at radius 2 is 2.07 bits per heavy atom. The summed E-state index contributed by atoms with van der Waals surface area (Å²) in [4.78, 5) is 9.46. The highest BCUT2D eigenvalue weighted by molar-refractivity contribution is 5.70. The monoisotopic (exact) mass is 373 g/mol. The molecule has 0 atom stereocenters. The predicted octanol–water partition coefficient (Wildman–Crippen LogP) is 3.26. The second-order valence-corrected chi connectivity index (χ2v) is 7.31. The van der Waals surface area contributed by atoms with Crippen molar-refractivity contribution in [2.24, 2.45) is 0 Å². The molecule has 5 heterocycles. The van der Waals surface area contributed by atoms with E-state index >= 15 is 0 Å². The number of H-pyrrole nitrogens is 1. The minimum absolute atomic E-state index is 0.474. The van der Waals surface area contributed by atoms with Crippen molar-refractivity contribution in [2.45, 2.75) is 25.8 Å². The van der Waals surface area contributed by atoms with Gasteiger partial charge in [-0.1, -0.05) is 6.07 Å². The minimum atomic E-state index is 0.474. The molecule has 142 valence electrons. The van der Waals surface area contributed by atoms with E-state index in [2.05, 4.69) is 55.5 Å². The first-order chi connectivity index (χ1) is 13.8. The molecule has 0 amide bonds. The van der Waals surface area contributed by atoms with Gasteiger partial charge in [-0.3, -0.25) is 9.50 Å². The van der Waals surface area contributed by atoms with E-state index in [1.807, 2.05) is 30.7 Å². The van der Waals surface area contributed by atoms with E-state index in [0.29, 0.717) is 6.04 Å². The number of piperidine rings is 1. The fraction of sp³-hybridized carbons (Fsp3) is 0.286. The first-order valence-electron chi connectivity index (χ1n) is 9.69. The molecule has 0 unspecified atom stereocenters. The van der Waals surface area contributed by atoms with Gasteiger partial charge in [-0.15, -0.1) is 0 Å². The fourth-order valence-electron chi connectivity index (χ4n) is 3.84. The van der Waals surface area contributed by atoms with Crippen LogP contribution in [0.15, 0.2) is 49.1 Å². The number of rotatable bonds is 4. The molecule has 0 bridgehead atoms. The number of nitrogens with one attached hydrogen (secondary N) is 3. The summed E-state index contributed by atoms with van der Waals surface area (Å²) in [7, 11) is 0. The van der Waals surface area contributed by atoms with Crippen LogP contribution in [0.3, 0.4) is 0 Å². The average Bonchev–Trinajstić information content (AvgIpc) is 3.38. The highest BCUT2D eigenvalue weighted by atomic mass is 15.1. The van der Waals surface area contributed by atoms with Crippen LogP contribution in [0.4, 0.5) is 5.82 Å². The average molecular weight is 373 g/mol. The van der Waals surface area contributed by atoms with Crippen molar-refractivity contribution < 1.29 is 0 Å². The molecule has 7 heteroatoms. The molecule has 1 fully saturated rings. The third-order valence-electron chi connectivity index (χ3n) is 5.37. The molecule has 5 rings (SSSR count). The summed E-state index contributed by atoms with van der Waals surface area (Å²) in [5, 5.41) is 13.9. The number of anilines is 1. The number of aryl methyl sites for hydroxylation is 1. The maximum absolute atomic E-state index is 4.86. The summed E-state index contributed by atoms with van der Waals surface area (Å²) in [6.07, 6.45) is 10.00. The van der Waals surface area contributed by atoms with Crippen molar-refractivity contribution in [1.82, 2.24) is 29.9 Å². The maximum atomic E-state index is 4.86. The van der Waals surface area contributed by atoms with Gasteiger partial charge < -0.3 is 10.6 Å². The van der Waals surface area contributed by atoms with Crippen LogP contribution in [0.5, 0.6) is 0 Å². The SMILES string of the molecule is Cc1cc2ncc(-c3cccc(NC4CCNCC4)n3)n2cc1-c1cn[nH]c1. The third kappa shape index (κ3) is 3.14. The van der Waals surface area contributed by atoms with Crippen LogP contribution in [0.25, 0.3) is 28.2 Å². The Morgan fingerprint density at radius 3 is 2.89 bits per heavy atom. The lowest BCUT2D eigenvalue weighted by atomic mass is 10.1. The molecular weight excluding hydrogens is 350 g/mol. The van der Waals surface area contributed by atoms with Crippen molar-refractivity contribution in [1.29, 1.82) is 0 Å². The van der Waals surface area contributed by atoms with E-state index in [4.69, 9.17) is 4.98 Å². The Labute approximate surface area is 163 Å². The van der Waals surface area contributed by atoms with Crippen LogP contribution in [-0.2, 0) is 0 Å². The lowest BCUT2D eigenvalue weighted by Crippen LogP contribution is -2.35. The van der Waals surface area contributed by atoms with Crippen LogP contribution >= 0.6 is 0 Å². The van der Waals surface area contributed by atoms with E-state index in [-0.39, 0.29) is 0 Å². The highest BCUT2D eigenvalue weighted by Gasteiger charge is 2.15. The maximum Gasteiger partial charge on any atom is 0.137 e. The smallest absolute Gasteiger partial charge is 0.137 e. The van der Waals surface area contributed by atoms with Crippen molar-refractivity contribution in [3.63, 3.8) is 0 Å². The number of nitrogens with zero attached hydrogens (tertiary/aromatic N) is 4. The summed E-state index contributed by atoms with van der Waals surface area (Å²) < 4.78 is 2.10. The van der Waals surface area contributed by atoms with E-state index in [9.17, 15) is 0 Å². The Bertz CT molecular complexity index is 1090. The molecule has 4 aromatic heterocycles. The molecule has 28 heavy (non-hydrogen) atoms. The molecule has 0 spiro atoms. The number of imidazole rings is 1. The van der Waals surface area contributed by atoms with Crippen molar-refractivity contribution in [3.05, 3.63) is 54.6 Å². The van der Waals surface area contributed by atoms with Gasteiger partial charge in [-0.05, 0) is 56.6 Å². The molecule has 1 aliphatic heterocycles. The highest BCUT2D eigenvalue weighted by Crippen LogP contribution is 2.27. The second kappa shape index (κ2) is 7.09. The van der Waals surface area contributed by atoms with Crippen LogP contribution < -0.4 is 10.6 Å². The van der Waals surface area contributed by atoms with Gasteiger partial charge in [-0.2, -0.15) is 5.10 Å². The van der Waals surface area contributed by atoms with Gasteiger partial charge in [-0.25, -0.2) is 9.97 Å². The number of fused-ring (bicyclic) bond motifs is 1. The number of aromatic amines is 1. The number of aromatic nitrogens is 5. The fourth-order valence-corrected chi connectivity index (χ4v) is 3.84. The number of hydrogen-bond donors (Lipinski definition) is 3. The van der Waals surface area contributed by atoms with Crippen molar-refractivity contribution >= 4 is 11.5 Å². The molecule has 0 radical (unpaired) electrons. The molecule has 1 aliphatic rings. The lowest BCUT2D eigenvalue weighted by Gasteiger charge is -2.24. The quantitative estimate of drug-likeness (QED) is 0.511. The topological polar surface area (TPSA) is 82.9 Å². The van der Waals surface area contributed by atoms with Gasteiger partial charge in [0, 0.05) is 29.6 Å². The van der Waals surface area contributed by atoms with Crippen molar-refractivity contribution in [2.75, 3.05) is 18.4 Å². The van der Waals surface area contributed by atoms with Crippen LogP contribution in [-0.4, -0.2) is 43.7 Å². The predicted molar refractivity (Wildman–Crippen MR) is 110 cm³/mol. The van der Waals surface area contributed by atoms with Gasteiger partial charge in [0.1, 0.15) is 11.5 Å². The number of pyridine rings is 2. The molecule has 0 aromatic carbocycles. The van der Waals surface area contributed by atoms with E-state index in [1.54, 1.807) is 0 Å². The van der Waals surface area contributed by atoms with Gasteiger partial charge in [0.05, 0.1) is 23.8 Å². The van der Waals surface area contributed by atoms with Gasteiger partial charge in [0.25, 0.3) is 0 Å². The van der Waals surface area contributed by atoms with E-state index in [1.165, 1.54) is 5.56 Å². The molecule has 4 aromatic rings. The summed E-state index contributed by atoms with van der Waals surface area (Å²) in [6.45, 7) is 4.21. The van der Waals surface area contributed by atoms with Gasteiger partial charge in [0.15, 0.2) is 0 Å². The minimum Gasteiger partial charge on any atom is -0.367 e. The summed E-state index contributed by atoms with van der Waals surface area (Å²) in [5.74, 6) is 0.918. The van der Waals surface area contributed by atoms with Crippen LogP contribution in [0.2, 0.25) is 0 Å². The standard InChI is InChI=1S/C21H23N7/c1-14-9-21-23-12-19(28(21)13-17(14)15-10-24-25-11-15)18-3-2-4-20(27-18)26-16-5-7-22-8-6-16/h2-4,9-13,16,22H,5-8H2,1H3,(H,24,25)(H,26,27). The van der Waals surface area contributed by atoms with Gasteiger partial charge in [0.2, 0.25) is 0 Å². The third-order valence-corrected chi connectivity index (χ3v) is 5.37. The Hall–Kier alpha value is -3.19. The molecular formula is C21H23N7. The molecule has 0 saturated carbocycles. The first kappa shape index (κ1) is 16.9. The molecule has 7 nitrogen and oxygen atoms in total. The lowest BCUT2D eigenvalue weighted by molar-refractivity contribution is 0.478. The zero-order chi connectivity index (χ0) is 18.9. The van der Waals surface area contributed by atoms with E-state index in [0.717, 1.165) is 59.9 Å². The summed E-state index contributed by atoms with van der Waals surface area (Å²) >= 11 is 0. The molecule has 0 aliphatic carbocycles. The van der Waals surface area contributed by atoms with Gasteiger partial charge >= 0.3 is 0 Å². The second-order valence-electron chi connectivity index (χ2n) is 7.31. The Balaban J connectivity index is 1.52. The normalized spacial score (nSPS) is 15.2. The van der Waals surface area contributed by atoms with Crippen LogP contribution in [0, 0.1) is 6.92 Å². The Morgan fingerprint density at radius 1 is 1.18 bits per heavy atom. The zero-order valence-corrected chi connectivity index (χ0v) is 15.8. The number of hydrogen-bond acceptors (Lipinski definition) is 5. The summed E-state index contributed by atoms with van der Waals surface area (Å²) in [6, 6.07) is 8.70.